The van der Waals surface area contributed by atoms with Crippen molar-refractivity contribution in [1.29, 1.82) is 0 Å². The van der Waals surface area contributed by atoms with Gasteiger partial charge in [-0.15, -0.1) is 0 Å². The SMILES string of the molecule is Cn1nc([C@@H]2CCc3cc(Br)ccc32)cc1C(N)=O. The lowest BCUT2D eigenvalue weighted by molar-refractivity contribution is 0.0991. The zero-order valence-corrected chi connectivity index (χ0v) is 12.1. The smallest absolute Gasteiger partial charge is 0.266 e. The normalized spacial score (nSPS) is 17.5. The number of amides is 1. The molecule has 5 heteroatoms. The van der Waals surface area contributed by atoms with Crippen molar-refractivity contribution in [2.24, 2.45) is 12.8 Å². The predicted molar refractivity (Wildman–Crippen MR) is 76.0 cm³/mol. The van der Waals surface area contributed by atoms with E-state index in [2.05, 4.69) is 39.2 Å². The number of halogens is 1. The second-order valence-electron chi connectivity index (χ2n) is 4.88. The molecule has 1 atom stereocenters. The van der Waals surface area contributed by atoms with Crippen LogP contribution in [0.1, 0.15) is 39.6 Å². The number of aromatic nitrogens is 2. The van der Waals surface area contributed by atoms with E-state index in [0.29, 0.717) is 5.69 Å². The topological polar surface area (TPSA) is 60.9 Å². The van der Waals surface area contributed by atoms with Crippen molar-refractivity contribution in [3.63, 3.8) is 0 Å². The minimum absolute atomic E-state index is 0.266. The van der Waals surface area contributed by atoms with Gasteiger partial charge in [0.1, 0.15) is 5.69 Å². The van der Waals surface area contributed by atoms with Gasteiger partial charge in [-0.05, 0) is 42.2 Å². The zero-order valence-electron chi connectivity index (χ0n) is 10.6. The summed E-state index contributed by atoms with van der Waals surface area (Å²) in [6.45, 7) is 0. The number of hydrogen-bond acceptors (Lipinski definition) is 2. The Morgan fingerprint density at radius 3 is 2.95 bits per heavy atom. The summed E-state index contributed by atoms with van der Waals surface area (Å²) in [7, 11) is 1.75. The van der Waals surface area contributed by atoms with Gasteiger partial charge in [-0.25, -0.2) is 0 Å². The van der Waals surface area contributed by atoms with Crippen LogP contribution in [0.4, 0.5) is 0 Å². The molecule has 3 rings (SSSR count). The number of nitrogens with zero attached hydrogens (tertiary/aromatic N) is 2. The Bertz CT molecular complexity index is 663. The van der Waals surface area contributed by atoms with Gasteiger partial charge in [0.05, 0.1) is 5.69 Å². The third-order valence-electron chi connectivity index (χ3n) is 3.69. The summed E-state index contributed by atoms with van der Waals surface area (Å²) in [5.74, 6) is -0.169. The summed E-state index contributed by atoms with van der Waals surface area (Å²) in [5, 5.41) is 4.44. The first-order valence-corrected chi connectivity index (χ1v) is 6.97. The fourth-order valence-corrected chi connectivity index (χ4v) is 3.19. The first-order chi connectivity index (χ1) is 9.06. The molecule has 1 aliphatic carbocycles. The predicted octanol–water partition coefficient (Wildman–Crippen LogP) is 2.36. The summed E-state index contributed by atoms with van der Waals surface area (Å²) >= 11 is 3.49. The molecule has 2 N–H and O–H groups in total. The van der Waals surface area contributed by atoms with Crippen molar-refractivity contribution in [2.45, 2.75) is 18.8 Å². The van der Waals surface area contributed by atoms with E-state index in [0.717, 1.165) is 23.0 Å². The van der Waals surface area contributed by atoms with E-state index >= 15 is 0 Å². The van der Waals surface area contributed by atoms with E-state index < -0.39 is 5.91 Å². The van der Waals surface area contributed by atoms with E-state index in [1.54, 1.807) is 11.7 Å². The molecule has 1 amide bonds. The Hall–Kier alpha value is -1.62. The van der Waals surface area contributed by atoms with Crippen molar-refractivity contribution >= 4 is 21.8 Å². The largest absolute Gasteiger partial charge is 0.364 e. The molecule has 98 valence electrons. The average Bonchev–Trinajstić information content (AvgIpc) is 2.91. The van der Waals surface area contributed by atoms with Crippen molar-refractivity contribution in [2.75, 3.05) is 0 Å². The monoisotopic (exact) mass is 319 g/mol. The molecule has 0 aliphatic heterocycles. The summed E-state index contributed by atoms with van der Waals surface area (Å²) in [4.78, 5) is 11.3. The number of benzene rings is 1. The fourth-order valence-electron chi connectivity index (χ4n) is 2.78. The number of nitrogens with two attached hydrogens (primary N) is 1. The highest BCUT2D eigenvalue weighted by Crippen LogP contribution is 2.38. The highest BCUT2D eigenvalue weighted by Gasteiger charge is 2.27. The van der Waals surface area contributed by atoms with Crippen LogP contribution in [0.25, 0.3) is 0 Å². The van der Waals surface area contributed by atoms with E-state index in [1.807, 2.05) is 6.07 Å². The van der Waals surface area contributed by atoms with Crippen LogP contribution in [-0.2, 0) is 13.5 Å². The van der Waals surface area contributed by atoms with Crippen LogP contribution >= 0.6 is 15.9 Å². The Morgan fingerprint density at radius 2 is 2.26 bits per heavy atom. The van der Waals surface area contributed by atoms with Gasteiger partial charge in [0.25, 0.3) is 5.91 Å². The van der Waals surface area contributed by atoms with Gasteiger partial charge in [0.15, 0.2) is 0 Å². The van der Waals surface area contributed by atoms with Crippen molar-refractivity contribution in [3.8, 4) is 0 Å². The molecular formula is C14H14BrN3O. The Labute approximate surface area is 119 Å². The van der Waals surface area contributed by atoms with Crippen molar-refractivity contribution in [1.82, 2.24) is 9.78 Å². The minimum atomic E-state index is -0.435. The van der Waals surface area contributed by atoms with Crippen LogP contribution in [0.15, 0.2) is 28.7 Å². The first-order valence-electron chi connectivity index (χ1n) is 6.18. The summed E-state index contributed by atoms with van der Waals surface area (Å²) in [6.07, 6.45) is 2.07. The van der Waals surface area contributed by atoms with Gasteiger partial charge >= 0.3 is 0 Å². The standard InChI is InChI=1S/C14H14BrN3O/c1-18-13(14(16)19)7-12(17-18)11-4-2-8-6-9(15)3-5-10(8)11/h3,5-7,11H,2,4H2,1H3,(H2,16,19)/t11-/m1/s1. The zero-order chi connectivity index (χ0) is 13.6. The van der Waals surface area contributed by atoms with Gasteiger partial charge in [-0.1, -0.05) is 22.0 Å². The van der Waals surface area contributed by atoms with Gasteiger partial charge < -0.3 is 5.73 Å². The highest BCUT2D eigenvalue weighted by molar-refractivity contribution is 9.10. The average molecular weight is 320 g/mol. The molecule has 1 heterocycles. The molecule has 0 radical (unpaired) electrons. The maximum atomic E-state index is 11.3. The first kappa shape index (κ1) is 12.4. The van der Waals surface area contributed by atoms with Gasteiger partial charge in [-0.2, -0.15) is 5.10 Å². The van der Waals surface area contributed by atoms with E-state index in [1.165, 1.54) is 11.1 Å². The van der Waals surface area contributed by atoms with Crippen molar-refractivity contribution in [3.05, 3.63) is 51.3 Å². The Kier molecular flexibility index (Phi) is 2.93. The fraction of sp³-hybridized carbons (Fsp3) is 0.286. The molecule has 1 aromatic carbocycles. The molecule has 0 fully saturated rings. The quantitative estimate of drug-likeness (QED) is 0.923. The van der Waals surface area contributed by atoms with Crippen LogP contribution in [0, 0.1) is 0 Å². The van der Waals surface area contributed by atoms with Crippen LogP contribution < -0.4 is 5.73 Å². The van der Waals surface area contributed by atoms with E-state index in [4.69, 9.17) is 5.73 Å². The lowest BCUT2D eigenvalue weighted by Crippen LogP contribution is -2.15. The molecule has 1 aliphatic rings. The molecule has 0 saturated heterocycles. The maximum Gasteiger partial charge on any atom is 0.266 e. The van der Waals surface area contributed by atoms with Crippen LogP contribution in [0.3, 0.4) is 0 Å². The van der Waals surface area contributed by atoms with Gasteiger partial charge in [0, 0.05) is 17.4 Å². The van der Waals surface area contributed by atoms with Crippen LogP contribution in [0.5, 0.6) is 0 Å². The lowest BCUT2D eigenvalue weighted by atomic mass is 9.98. The lowest BCUT2D eigenvalue weighted by Gasteiger charge is -2.08. The third kappa shape index (κ3) is 2.08. The molecule has 0 saturated carbocycles. The molecule has 2 aromatic rings. The maximum absolute atomic E-state index is 11.3. The minimum Gasteiger partial charge on any atom is -0.364 e. The molecule has 1 aromatic heterocycles. The van der Waals surface area contributed by atoms with Crippen LogP contribution in [0.2, 0.25) is 0 Å². The number of carbonyl (C=O) groups is 1. The second kappa shape index (κ2) is 4.49. The number of hydrogen-bond donors (Lipinski definition) is 1. The summed E-state index contributed by atoms with van der Waals surface area (Å²) in [5.41, 5.74) is 9.38. The molecule has 19 heavy (non-hydrogen) atoms. The Balaban J connectivity index is 2.02. The molecular weight excluding hydrogens is 306 g/mol. The van der Waals surface area contributed by atoms with Crippen molar-refractivity contribution < 1.29 is 4.79 Å². The number of rotatable bonds is 2. The molecule has 0 spiro atoms. The van der Waals surface area contributed by atoms with Gasteiger partial charge in [-0.3, -0.25) is 9.48 Å². The summed E-state index contributed by atoms with van der Waals surface area (Å²) in [6, 6.07) is 8.15. The Morgan fingerprint density at radius 1 is 1.47 bits per heavy atom. The van der Waals surface area contributed by atoms with E-state index in [9.17, 15) is 4.79 Å². The summed E-state index contributed by atoms with van der Waals surface area (Å²) < 4.78 is 2.67. The number of carbonyl (C=O) groups excluding carboxylic acids is 1. The van der Waals surface area contributed by atoms with E-state index in [-0.39, 0.29) is 5.92 Å². The molecule has 0 bridgehead atoms. The number of aryl methyl sites for hydroxylation is 2. The third-order valence-corrected chi connectivity index (χ3v) is 4.18. The van der Waals surface area contributed by atoms with Gasteiger partial charge in [0.2, 0.25) is 0 Å². The van der Waals surface area contributed by atoms with Crippen LogP contribution in [-0.4, -0.2) is 15.7 Å². The number of fused-ring (bicyclic) bond motifs is 1. The molecule has 0 unspecified atom stereocenters. The number of primary amides is 1. The highest BCUT2D eigenvalue weighted by atomic mass is 79.9. The molecule has 4 nitrogen and oxygen atoms in total. The second-order valence-corrected chi connectivity index (χ2v) is 5.79.